The first-order chi connectivity index (χ1) is 23.0. The van der Waals surface area contributed by atoms with Gasteiger partial charge in [-0.15, -0.1) is 0 Å². The maximum atomic E-state index is 12.9. The third-order valence-corrected chi connectivity index (χ3v) is 7.40. The van der Waals surface area contributed by atoms with Crippen LogP contribution in [0, 0.1) is 0 Å². The molecule has 0 atom stereocenters. The van der Waals surface area contributed by atoms with Gasteiger partial charge in [0.25, 0.3) is 0 Å². The van der Waals surface area contributed by atoms with Crippen LogP contribution < -0.4 is 18.9 Å². The Kier molecular flexibility index (Phi) is 10.0. The molecule has 4 aromatic rings. The van der Waals surface area contributed by atoms with E-state index in [9.17, 15) is 19.2 Å². The number of rotatable bonds is 12. The summed E-state index contributed by atoms with van der Waals surface area (Å²) in [5, 5.41) is 0. The predicted molar refractivity (Wildman–Crippen MR) is 175 cm³/mol. The topological polar surface area (TPSA) is 124 Å². The standard InChI is InChI=1S/C38H32O10/c1-22(2)35(39)45-20-43-27-10-6-25(7-11-27)37(41)47-29-14-16-31-32-17-15-30(19-34(32)24(5)33(31)18-29)48-38(42)26-8-12-28(13-9-26)44-21-46-36(40)23(3)4/h6-19,24H,1,3,20-21H2,2,4-5H3. The first kappa shape index (κ1) is 33.2. The van der Waals surface area contributed by atoms with Gasteiger partial charge >= 0.3 is 23.9 Å². The van der Waals surface area contributed by atoms with Gasteiger partial charge in [0.2, 0.25) is 13.6 Å². The lowest BCUT2D eigenvalue weighted by molar-refractivity contribution is -0.146. The fraction of sp³-hybridized carbons (Fsp3) is 0.158. The van der Waals surface area contributed by atoms with E-state index in [2.05, 4.69) is 13.2 Å². The molecule has 10 heteroatoms. The average Bonchev–Trinajstić information content (AvgIpc) is 3.35. The Labute approximate surface area is 277 Å². The maximum Gasteiger partial charge on any atom is 0.343 e. The van der Waals surface area contributed by atoms with Crippen LogP contribution in [0.15, 0.2) is 109 Å². The molecule has 0 heterocycles. The molecule has 0 amide bonds. The Hall–Kier alpha value is -6.16. The molecule has 4 aromatic carbocycles. The smallest absolute Gasteiger partial charge is 0.343 e. The summed E-state index contributed by atoms with van der Waals surface area (Å²) in [7, 11) is 0. The van der Waals surface area contributed by atoms with Crippen LogP contribution in [0.5, 0.6) is 23.0 Å². The summed E-state index contributed by atoms with van der Waals surface area (Å²) >= 11 is 0. The molecule has 0 unspecified atom stereocenters. The zero-order valence-electron chi connectivity index (χ0n) is 26.6. The van der Waals surface area contributed by atoms with Crippen molar-refractivity contribution in [3.05, 3.63) is 131 Å². The largest absolute Gasteiger partial charge is 0.457 e. The molecule has 244 valence electrons. The summed E-state index contributed by atoms with van der Waals surface area (Å²) in [6.45, 7) is 11.6. The van der Waals surface area contributed by atoms with Crippen LogP contribution in [0.2, 0.25) is 0 Å². The van der Waals surface area contributed by atoms with Crippen LogP contribution in [0.3, 0.4) is 0 Å². The van der Waals surface area contributed by atoms with Crippen molar-refractivity contribution in [1.82, 2.24) is 0 Å². The van der Waals surface area contributed by atoms with Crippen LogP contribution >= 0.6 is 0 Å². The van der Waals surface area contributed by atoms with E-state index in [1.165, 1.54) is 13.8 Å². The Morgan fingerprint density at radius 1 is 0.562 bits per heavy atom. The lowest BCUT2D eigenvalue weighted by atomic mass is 9.99. The monoisotopic (exact) mass is 648 g/mol. The zero-order chi connectivity index (χ0) is 34.4. The van der Waals surface area contributed by atoms with E-state index in [4.69, 9.17) is 28.4 Å². The lowest BCUT2D eigenvalue weighted by Gasteiger charge is -2.11. The van der Waals surface area contributed by atoms with Crippen molar-refractivity contribution in [3.63, 3.8) is 0 Å². The minimum atomic E-state index is -0.556. The second-order valence-electron chi connectivity index (χ2n) is 11.0. The third kappa shape index (κ3) is 7.79. The summed E-state index contributed by atoms with van der Waals surface area (Å²) in [4.78, 5) is 48.7. The Morgan fingerprint density at radius 3 is 1.27 bits per heavy atom. The highest BCUT2D eigenvalue weighted by molar-refractivity contribution is 5.92. The molecule has 1 aliphatic rings. The van der Waals surface area contributed by atoms with Gasteiger partial charge in [-0.25, -0.2) is 19.2 Å². The molecule has 0 fully saturated rings. The average molecular weight is 649 g/mol. The highest BCUT2D eigenvalue weighted by Crippen LogP contribution is 2.47. The molecule has 0 radical (unpaired) electrons. The number of carbonyl (C=O) groups is 4. The Balaban J connectivity index is 1.18. The van der Waals surface area contributed by atoms with Crippen LogP contribution in [-0.4, -0.2) is 37.5 Å². The van der Waals surface area contributed by atoms with Crippen molar-refractivity contribution in [2.45, 2.75) is 26.7 Å². The first-order valence-corrected chi connectivity index (χ1v) is 14.8. The van der Waals surface area contributed by atoms with E-state index in [-0.39, 0.29) is 30.6 Å². The van der Waals surface area contributed by atoms with Crippen molar-refractivity contribution < 1.29 is 47.6 Å². The van der Waals surface area contributed by atoms with Crippen LogP contribution in [0.1, 0.15) is 58.5 Å². The van der Waals surface area contributed by atoms with Gasteiger partial charge < -0.3 is 28.4 Å². The minimum Gasteiger partial charge on any atom is -0.457 e. The normalized spacial score (nSPS) is 11.4. The van der Waals surface area contributed by atoms with Crippen LogP contribution in [-0.2, 0) is 19.1 Å². The second kappa shape index (κ2) is 14.5. The molecule has 10 nitrogen and oxygen atoms in total. The third-order valence-electron chi connectivity index (χ3n) is 7.40. The summed E-state index contributed by atoms with van der Waals surface area (Å²) < 4.78 is 31.9. The number of ether oxygens (including phenoxy) is 6. The Morgan fingerprint density at radius 2 is 0.917 bits per heavy atom. The van der Waals surface area contributed by atoms with Gasteiger partial charge in [0.1, 0.15) is 23.0 Å². The summed E-state index contributed by atoms with van der Waals surface area (Å²) in [6.07, 6.45) is 0. The molecule has 1 aliphatic carbocycles. The fourth-order valence-electron chi connectivity index (χ4n) is 4.84. The van der Waals surface area contributed by atoms with Gasteiger partial charge in [0.05, 0.1) is 11.1 Å². The number of benzene rings is 4. The molecule has 0 N–H and O–H groups in total. The van der Waals surface area contributed by atoms with Crippen molar-refractivity contribution in [2.75, 3.05) is 13.6 Å². The fourth-order valence-corrected chi connectivity index (χ4v) is 4.84. The molecule has 0 aromatic heterocycles. The number of fused-ring (bicyclic) bond motifs is 3. The number of hydrogen-bond donors (Lipinski definition) is 0. The molecule has 0 bridgehead atoms. The van der Waals surface area contributed by atoms with Gasteiger partial charge in [0.15, 0.2) is 0 Å². The summed E-state index contributed by atoms with van der Waals surface area (Å²) in [5.41, 5.74) is 5.09. The molecule has 0 saturated carbocycles. The van der Waals surface area contributed by atoms with E-state index in [1.54, 1.807) is 60.7 Å². The van der Waals surface area contributed by atoms with Gasteiger partial charge in [0, 0.05) is 17.1 Å². The molecule has 0 saturated heterocycles. The second-order valence-corrected chi connectivity index (χ2v) is 11.0. The molecule has 0 spiro atoms. The minimum absolute atomic E-state index is 0.0573. The number of esters is 4. The lowest BCUT2D eigenvalue weighted by Crippen LogP contribution is -2.11. The van der Waals surface area contributed by atoms with E-state index < -0.39 is 23.9 Å². The SMILES string of the molecule is C=C(C)C(=O)OCOc1ccc(C(=O)Oc2ccc3c(c2)C(C)c2cc(OC(=O)c4ccc(OCOC(=O)C(=C)C)cc4)ccc2-3)cc1. The highest BCUT2D eigenvalue weighted by atomic mass is 16.7. The van der Waals surface area contributed by atoms with Crippen LogP contribution in [0.4, 0.5) is 0 Å². The van der Waals surface area contributed by atoms with E-state index in [1.807, 2.05) is 31.2 Å². The van der Waals surface area contributed by atoms with Crippen molar-refractivity contribution in [3.8, 4) is 34.1 Å². The van der Waals surface area contributed by atoms with Gasteiger partial charge in [-0.1, -0.05) is 32.2 Å². The maximum absolute atomic E-state index is 12.9. The van der Waals surface area contributed by atoms with E-state index in [0.717, 1.165) is 22.3 Å². The summed E-state index contributed by atoms with van der Waals surface area (Å²) in [6, 6.07) is 23.5. The Bertz CT molecular complexity index is 1770. The molecule has 48 heavy (non-hydrogen) atoms. The number of carbonyl (C=O) groups excluding carboxylic acids is 4. The van der Waals surface area contributed by atoms with Gasteiger partial charge in [-0.2, -0.15) is 0 Å². The molecular formula is C38H32O10. The van der Waals surface area contributed by atoms with Gasteiger partial charge in [-0.3, -0.25) is 0 Å². The predicted octanol–water partition coefficient (Wildman–Crippen LogP) is 7.17. The van der Waals surface area contributed by atoms with Crippen LogP contribution in [0.25, 0.3) is 11.1 Å². The summed E-state index contributed by atoms with van der Waals surface area (Å²) in [5.74, 6) is -0.651. The van der Waals surface area contributed by atoms with E-state index in [0.29, 0.717) is 34.1 Å². The van der Waals surface area contributed by atoms with Crippen molar-refractivity contribution in [2.24, 2.45) is 0 Å². The molecule has 5 rings (SSSR count). The molecule has 0 aliphatic heterocycles. The van der Waals surface area contributed by atoms with E-state index >= 15 is 0 Å². The van der Waals surface area contributed by atoms with Gasteiger partial charge in [-0.05, 0) is 109 Å². The highest BCUT2D eigenvalue weighted by Gasteiger charge is 2.27. The van der Waals surface area contributed by atoms with Crippen molar-refractivity contribution >= 4 is 23.9 Å². The molecular weight excluding hydrogens is 616 g/mol. The van der Waals surface area contributed by atoms with Crippen molar-refractivity contribution in [1.29, 1.82) is 0 Å². The number of hydrogen-bond acceptors (Lipinski definition) is 10. The quantitative estimate of drug-likeness (QED) is 0.0676. The zero-order valence-corrected chi connectivity index (χ0v) is 26.6. The first-order valence-electron chi connectivity index (χ1n) is 14.8.